The highest BCUT2D eigenvalue weighted by molar-refractivity contribution is 5.24. The van der Waals surface area contributed by atoms with Gasteiger partial charge in [0.15, 0.2) is 0 Å². The second kappa shape index (κ2) is 7.14. The van der Waals surface area contributed by atoms with Gasteiger partial charge < -0.3 is 15.5 Å². The van der Waals surface area contributed by atoms with Crippen LogP contribution in [0.15, 0.2) is 12.4 Å². The summed E-state index contributed by atoms with van der Waals surface area (Å²) >= 11 is 0. The molecule has 1 aromatic rings. The minimum absolute atomic E-state index is 0.694. The molecular formula is C11H21N5. The van der Waals surface area contributed by atoms with E-state index in [1.165, 1.54) is 0 Å². The van der Waals surface area contributed by atoms with E-state index in [0.717, 1.165) is 31.7 Å². The lowest BCUT2D eigenvalue weighted by molar-refractivity contribution is 0.400. The van der Waals surface area contributed by atoms with Crippen LogP contribution < -0.4 is 10.6 Å². The summed E-state index contributed by atoms with van der Waals surface area (Å²) in [5.74, 6) is 0.694. The lowest BCUT2D eigenvalue weighted by atomic mass is 10.3. The summed E-state index contributed by atoms with van der Waals surface area (Å²) in [7, 11) is 4.13. The number of likely N-dealkylation sites (N-methyl/N-ethyl adjacent to an activating group) is 1. The van der Waals surface area contributed by atoms with E-state index < -0.39 is 0 Å². The van der Waals surface area contributed by atoms with Crippen molar-refractivity contribution in [2.45, 2.75) is 13.5 Å². The number of aromatic nitrogens is 2. The Bertz CT molecular complexity index is 283. The molecule has 0 saturated heterocycles. The van der Waals surface area contributed by atoms with Gasteiger partial charge in [0.25, 0.3) is 0 Å². The van der Waals surface area contributed by atoms with Crippen LogP contribution in [-0.2, 0) is 6.54 Å². The molecule has 0 aliphatic heterocycles. The summed E-state index contributed by atoms with van der Waals surface area (Å²) in [4.78, 5) is 10.6. The number of hydrogen-bond donors (Lipinski definition) is 2. The number of anilines is 1. The molecule has 16 heavy (non-hydrogen) atoms. The van der Waals surface area contributed by atoms with Crippen molar-refractivity contribution < 1.29 is 0 Å². The van der Waals surface area contributed by atoms with Crippen molar-refractivity contribution in [3.05, 3.63) is 18.0 Å². The molecule has 0 unspecified atom stereocenters. The monoisotopic (exact) mass is 223 g/mol. The SMILES string of the molecule is CCNc1ncc(CNCCN(C)C)cn1. The highest BCUT2D eigenvalue weighted by atomic mass is 15.1. The Morgan fingerprint density at radius 2 is 1.94 bits per heavy atom. The summed E-state index contributed by atoms with van der Waals surface area (Å²) in [5, 5.41) is 6.41. The average molecular weight is 223 g/mol. The molecule has 1 heterocycles. The minimum Gasteiger partial charge on any atom is -0.355 e. The lowest BCUT2D eigenvalue weighted by Gasteiger charge is -2.10. The maximum absolute atomic E-state index is 4.21. The first-order valence-corrected chi connectivity index (χ1v) is 5.62. The summed E-state index contributed by atoms with van der Waals surface area (Å²) in [5.41, 5.74) is 1.11. The van der Waals surface area contributed by atoms with Crippen molar-refractivity contribution in [1.29, 1.82) is 0 Å². The molecule has 0 bridgehead atoms. The third kappa shape index (κ3) is 5.04. The van der Waals surface area contributed by atoms with E-state index in [1.54, 1.807) is 0 Å². The summed E-state index contributed by atoms with van der Waals surface area (Å²) < 4.78 is 0. The van der Waals surface area contributed by atoms with Gasteiger partial charge in [-0.2, -0.15) is 0 Å². The molecule has 0 radical (unpaired) electrons. The Morgan fingerprint density at radius 3 is 2.50 bits per heavy atom. The van der Waals surface area contributed by atoms with E-state index in [0.29, 0.717) is 5.95 Å². The third-order valence-corrected chi connectivity index (χ3v) is 2.11. The third-order valence-electron chi connectivity index (χ3n) is 2.11. The zero-order valence-electron chi connectivity index (χ0n) is 10.3. The summed E-state index contributed by atoms with van der Waals surface area (Å²) in [6.07, 6.45) is 3.71. The first-order chi connectivity index (χ1) is 7.72. The molecule has 5 nitrogen and oxygen atoms in total. The Morgan fingerprint density at radius 1 is 1.25 bits per heavy atom. The van der Waals surface area contributed by atoms with E-state index in [9.17, 15) is 0 Å². The molecule has 0 aliphatic carbocycles. The molecule has 90 valence electrons. The number of nitrogens with zero attached hydrogens (tertiary/aromatic N) is 3. The van der Waals surface area contributed by atoms with Gasteiger partial charge in [-0.1, -0.05) is 0 Å². The predicted molar refractivity (Wildman–Crippen MR) is 66.5 cm³/mol. The van der Waals surface area contributed by atoms with Gasteiger partial charge in [-0.05, 0) is 21.0 Å². The largest absolute Gasteiger partial charge is 0.355 e. The van der Waals surface area contributed by atoms with Crippen molar-refractivity contribution in [2.75, 3.05) is 39.0 Å². The molecule has 0 amide bonds. The lowest BCUT2D eigenvalue weighted by Crippen LogP contribution is -2.26. The van der Waals surface area contributed by atoms with Crippen molar-refractivity contribution in [2.24, 2.45) is 0 Å². The quantitative estimate of drug-likeness (QED) is 0.662. The van der Waals surface area contributed by atoms with E-state index in [2.05, 4.69) is 39.6 Å². The molecule has 0 aliphatic rings. The molecular weight excluding hydrogens is 202 g/mol. The normalized spacial score (nSPS) is 10.8. The zero-order valence-corrected chi connectivity index (χ0v) is 10.3. The Balaban J connectivity index is 2.26. The van der Waals surface area contributed by atoms with Crippen molar-refractivity contribution in [3.63, 3.8) is 0 Å². The Hall–Kier alpha value is -1.20. The fourth-order valence-electron chi connectivity index (χ4n) is 1.23. The van der Waals surface area contributed by atoms with Gasteiger partial charge in [0.2, 0.25) is 5.95 Å². The van der Waals surface area contributed by atoms with E-state index in [1.807, 2.05) is 19.3 Å². The molecule has 1 rings (SSSR count). The highest BCUT2D eigenvalue weighted by Crippen LogP contribution is 1.99. The van der Waals surface area contributed by atoms with Crippen LogP contribution in [0.2, 0.25) is 0 Å². The summed E-state index contributed by atoms with van der Waals surface area (Å²) in [6, 6.07) is 0. The standard InChI is InChI=1S/C11H21N5/c1-4-13-11-14-8-10(9-15-11)7-12-5-6-16(2)3/h8-9,12H,4-7H2,1-3H3,(H,13,14,15). The Kier molecular flexibility index (Phi) is 5.74. The maximum atomic E-state index is 4.21. The molecule has 0 saturated carbocycles. The van der Waals surface area contributed by atoms with Gasteiger partial charge in [0, 0.05) is 44.1 Å². The maximum Gasteiger partial charge on any atom is 0.222 e. The number of hydrogen-bond acceptors (Lipinski definition) is 5. The van der Waals surface area contributed by atoms with Gasteiger partial charge in [-0.3, -0.25) is 0 Å². The predicted octanol–water partition coefficient (Wildman–Crippen LogP) is 0.560. The number of nitrogens with one attached hydrogen (secondary N) is 2. The Labute approximate surface area is 97.3 Å². The van der Waals surface area contributed by atoms with Crippen LogP contribution in [-0.4, -0.2) is 48.6 Å². The first kappa shape index (κ1) is 12.9. The molecule has 1 aromatic heterocycles. The fourth-order valence-corrected chi connectivity index (χ4v) is 1.23. The molecule has 2 N–H and O–H groups in total. The zero-order chi connectivity index (χ0) is 11.8. The van der Waals surface area contributed by atoms with Crippen LogP contribution in [0.3, 0.4) is 0 Å². The molecule has 0 atom stereocenters. The second-order valence-electron chi connectivity index (χ2n) is 3.93. The molecule has 0 aromatic carbocycles. The van der Waals surface area contributed by atoms with Gasteiger partial charge in [0.1, 0.15) is 0 Å². The van der Waals surface area contributed by atoms with E-state index in [-0.39, 0.29) is 0 Å². The smallest absolute Gasteiger partial charge is 0.222 e. The van der Waals surface area contributed by atoms with Gasteiger partial charge in [-0.15, -0.1) is 0 Å². The average Bonchev–Trinajstić information content (AvgIpc) is 2.27. The topological polar surface area (TPSA) is 53.1 Å². The van der Waals surface area contributed by atoms with Crippen LogP contribution in [0.1, 0.15) is 12.5 Å². The minimum atomic E-state index is 0.694. The molecule has 5 heteroatoms. The van der Waals surface area contributed by atoms with Crippen LogP contribution in [0.5, 0.6) is 0 Å². The van der Waals surface area contributed by atoms with Crippen molar-refractivity contribution in [1.82, 2.24) is 20.2 Å². The highest BCUT2D eigenvalue weighted by Gasteiger charge is 1.96. The van der Waals surface area contributed by atoms with E-state index in [4.69, 9.17) is 0 Å². The number of rotatable bonds is 7. The van der Waals surface area contributed by atoms with Crippen LogP contribution in [0.4, 0.5) is 5.95 Å². The fraction of sp³-hybridized carbons (Fsp3) is 0.636. The second-order valence-corrected chi connectivity index (χ2v) is 3.93. The summed E-state index contributed by atoms with van der Waals surface area (Å²) in [6.45, 7) is 5.71. The first-order valence-electron chi connectivity index (χ1n) is 5.62. The van der Waals surface area contributed by atoms with Crippen molar-refractivity contribution >= 4 is 5.95 Å². The van der Waals surface area contributed by atoms with Gasteiger partial charge in [-0.25, -0.2) is 9.97 Å². The van der Waals surface area contributed by atoms with Crippen molar-refractivity contribution in [3.8, 4) is 0 Å². The van der Waals surface area contributed by atoms with E-state index >= 15 is 0 Å². The van der Waals surface area contributed by atoms with Crippen LogP contribution in [0.25, 0.3) is 0 Å². The molecule has 0 fully saturated rings. The van der Waals surface area contributed by atoms with Crippen LogP contribution in [0, 0.1) is 0 Å². The van der Waals surface area contributed by atoms with Crippen LogP contribution >= 0.6 is 0 Å². The van der Waals surface area contributed by atoms with Gasteiger partial charge in [0.05, 0.1) is 0 Å². The molecule has 0 spiro atoms. The van der Waals surface area contributed by atoms with Gasteiger partial charge >= 0.3 is 0 Å².